The molecule has 4 rings (SSSR count). The Balaban J connectivity index is 0.00000272. The van der Waals surface area contributed by atoms with Gasteiger partial charge in [0, 0.05) is 13.5 Å². The van der Waals surface area contributed by atoms with E-state index in [0.717, 1.165) is 42.2 Å². The summed E-state index contributed by atoms with van der Waals surface area (Å²) in [6, 6.07) is 5.81. The number of halogens is 3. The number of carbonyl (C=O) groups is 1. The number of amides is 1. The molecule has 0 bridgehead atoms. The van der Waals surface area contributed by atoms with E-state index in [1.807, 2.05) is 25.8 Å². The van der Waals surface area contributed by atoms with Crippen molar-refractivity contribution in [3.8, 4) is 5.75 Å². The molecule has 10 heteroatoms. The highest BCUT2D eigenvalue weighted by Gasteiger charge is 2.34. The highest BCUT2D eigenvalue weighted by atomic mass is 32.1. The van der Waals surface area contributed by atoms with Crippen LogP contribution in [-0.2, 0) is 11.2 Å². The number of anilines is 2. The molecule has 0 spiro atoms. The lowest BCUT2D eigenvalue weighted by Gasteiger charge is -2.36. The average Bonchev–Trinajstić information content (AvgIpc) is 2.63. The van der Waals surface area contributed by atoms with Crippen LogP contribution in [0.5, 0.6) is 5.75 Å². The summed E-state index contributed by atoms with van der Waals surface area (Å²) in [5.41, 5.74) is 2.43. The molecule has 1 amide bonds. The molecule has 1 aromatic carbocycles. The third-order valence-corrected chi connectivity index (χ3v) is 5.95. The second-order valence-electron chi connectivity index (χ2n) is 8.06. The van der Waals surface area contributed by atoms with Crippen molar-refractivity contribution >= 4 is 30.9 Å². The summed E-state index contributed by atoms with van der Waals surface area (Å²) in [6.07, 6.45) is -2.08. The number of fused-ring (bicyclic) bond motifs is 1. The van der Waals surface area contributed by atoms with E-state index in [9.17, 15) is 18.0 Å². The third-order valence-electron chi connectivity index (χ3n) is 5.95. The number of aromatic nitrogens is 2. The molecule has 2 aromatic rings. The van der Waals surface area contributed by atoms with Crippen LogP contribution >= 0.6 is 13.5 Å². The molecule has 31 heavy (non-hydrogen) atoms. The van der Waals surface area contributed by atoms with Crippen molar-refractivity contribution in [1.82, 2.24) is 9.97 Å². The summed E-state index contributed by atoms with van der Waals surface area (Å²) in [5, 5.41) is 2.88. The van der Waals surface area contributed by atoms with Gasteiger partial charge >= 0.3 is 6.36 Å². The van der Waals surface area contributed by atoms with Crippen molar-refractivity contribution in [2.45, 2.75) is 51.4 Å². The number of hydrogen-bond donors (Lipinski definition) is 1. The number of hydrogen-bond acceptors (Lipinski definition) is 5. The lowest BCUT2D eigenvalue weighted by Crippen LogP contribution is -2.45. The largest absolute Gasteiger partial charge is 0.573 e. The number of rotatable bonds is 4. The highest BCUT2D eigenvalue weighted by molar-refractivity contribution is 7.59. The molecule has 1 N–H and O–H groups in total. The van der Waals surface area contributed by atoms with Crippen LogP contribution in [0.3, 0.4) is 0 Å². The minimum atomic E-state index is -4.68. The summed E-state index contributed by atoms with van der Waals surface area (Å²) < 4.78 is 40.8. The summed E-state index contributed by atoms with van der Waals surface area (Å²) in [5.74, 6) is 1.94. The normalized spacial score (nSPS) is 22.7. The summed E-state index contributed by atoms with van der Waals surface area (Å²) in [7, 11) is 1.85. The molecule has 0 saturated heterocycles. The van der Waals surface area contributed by atoms with Gasteiger partial charge in [-0.05, 0) is 56.2 Å². The number of alkyl halides is 3. The van der Waals surface area contributed by atoms with Gasteiger partial charge in [0.1, 0.15) is 23.3 Å². The van der Waals surface area contributed by atoms with Crippen LogP contribution < -0.4 is 15.0 Å². The summed E-state index contributed by atoms with van der Waals surface area (Å²) >= 11 is 0. The maximum atomic E-state index is 12.3. The number of aryl methyl sites for hydroxylation is 1. The van der Waals surface area contributed by atoms with Crippen molar-refractivity contribution in [1.29, 1.82) is 0 Å². The molecule has 6 nitrogen and oxygen atoms in total. The van der Waals surface area contributed by atoms with Gasteiger partial charge in [0.15, 0.2) is 5.82 Å². The Labute approximate surface area is 185 Å². The Morgan fingerprint density at radius 1 is 1.19 bits per heavy atom. The quantitative estimate of drug-likeness (QED) is 0.746. The molecule has 1 aliphatic carbocycles. The first-order chi connectivity index (χ1) is 14.1. The average molecular weight is 455 g/mol. The number of benzene rings is 1. The van der Waals surface area contributed by atoms with Crippen molar-refractivity contribution < 1.29 is 22.7 Å². The fourth-order valence-electron chi connectivity index (χ4n) is 4.07. The Morgan fingerprint density at radius 2 is 1.84 bits per heavy atom. The first-order valence-electron chi connectivity index (χ1n) is 9.87. The van der Waals surface area contributed by atoms with Gasteiger partial charge in [-0.1, -0.05) is 12.1 Å². The van der Waals surface area contributed by atoms with Gasteiger partial charge in [0.05, 0.1) is 5.69 Å². The zero-order valence-electron chi connectivity index (χ0n) is 17.5. The van der Waals surface area contributed by atoms with Gasteiger partial charge in [-0.25, -0.2) is 9.97 Å². The fraction of sp³-hybridized carbons (Fsp3) is 0.476. The second-order valence-corrected chi connectivity index (χ2v) is 8.06. The van der Waals surface area contributed by atoms with E-state index in [-0.39, 0.29) is 31.2 Å². The van der Waals surface area contributed by atoms with Crippen LogP contribution in [0.15, 0.2) is 24.3 Å². The van der Waals surface area contributed by atoms with E-state index in [4.69, 9.17) is 0 Å². The van der Waals surface area contributed by atoms with E-state index in [1.165, 1.54) is 12.1 Å². The third kappa shape index (κ3) is 4.89. The molecule has 168 valence electrons. The van der Waals surface area contributed by atoms with Gasteiger partial charge < -0.3 is 15.0 Å². The SMILES string of the molecule is Cc1nc(CC2CC(c3ccc(OC(F)(F)F)cc3)C2)nc2c1NC(=O)[C@H](C)N2C.S. The molecule has 1 aromatic heterocycles. The predicted molar refractivity (Wildman–Crippen MR) is 116 cm³/mol. The Hall–Kier alpha value is -2.49. The van der Waals surface area contributed by atoms with Gasteiger partial charge in [-0.3, -0.25) is 4.79 Å². The first-order valence-corrected chi connectivity index (χ1v) is 9.87. The molecule has 2 heterocycles. The van der Waals surface area contributed by atoms with Crippen molar-refractivity contribution in [3.05, 3.63) is 41.3 Å². The second kappa shape index (κ2) is 8.57. The number of nitrogens with one attached hydrogen (secondary N) is 1. The molecule has 0 unspecified atom stereocenters. The standard InChI is InChI=1S/C21H23F3N4O2.H2S/c1-11-18-19(28(3)12(2)20(29)27-18)26-17(25-11)10-13-8-15(9-13)14-4-6-16(7-5-14)30-21(22,23)24;/h4-7,12-13,15H,8-10H2,1-3H3,(H,27,29);1H2/t12-,13?,15?;/m0./s1. The Bertz CT molecular complexity index is 962. The first kappa shape index (κ1) is 23.2. The molecule has 1 aliphatic heterocycles. The fourth-order valence-corrected chi connectivity index (χ4v) is 4.07. The number of nitrogens with zero attached hydrogens (tertiary/aromatic N) is 3. The summed E-state index contributed by atoms with van der Waals surface area (Å²) in [6.45, 7) is 3.69. The topological polar surface area (TPSA) is 67.4 Å². The maximum Gasteiger partial charge on any atom is 0.573 e. The molecule has 2 aliphatic rings. The van der Waals surface area contributed by atoms with E-state index in [0.29, 0.717) is 17.5 Å². The van der Waals surface area contributed by atoms with Crippen molar-refractivity contribution in [2.75, 3.05) is 17.3 Å². The Kier molecular flexibility index (Phi) is 6.40. The van der Waals surface area contributed by atoms with Crippen molar-refractivity contribution in [3.63, 3.8) is 0 Å². The van der Waals surface area contributed by atoms with Crippen LogP contribution in [0, 0.1) is 12.8 Å². The number of carbonyl (C=O) groups excluding carboxylic acids is 1. The molecule has 1 fully saturated rings. The van der Waals surface area contributed by atoms with Crippen LogP contribution in [0.25, 0.3) is 0 Å². The van der Waals surface area contributed by atoms with Gasteiger partial charge in [0.25, 0.3) is 0 Å². The van der Waals surface area contributed by atoms with E-state index < -0.39 is 6.36 Å². The van der Waals surface area contributed by atoms with Crippen molar-refractivity contribution in [2.24, 2.45) is 5.92 Å². The van der Waals surface area contributed by atoms with Gasteiger partial charge in [-0.2, -0.15) is 13.5 Å². The van der Waals surface area contributed by atoms with Crippen LogP contribution in [-0.4, -0.2) is 35.3 Å². The van der Waals surface area contributed by atoms with Crippen LogP contribution in [0.1, 0.15) is 42.8 Å². The molecule has 1 saturated carbocycles. The molecule has 1 atom stereocenters. The van der Waals surface area contributed by atoms with E-state index >= 15 is 0 Å². The van der Waals surface area contributed by atoms with Crippen LogP contribution in [0.2, 0.25) is 0 Å². The van der Waals surface area contributed by atoms with Gasteiger partial charge in [0.2, 0.25) is 5.91 Å². The monoisotopic (exact) mass is 454 g/mol. The molecular formula is C21H25F3N4O2S. The zero-order valence-corrected chi connectivity index (χ0v) is 18.5. The zero-order chi connectivity index (χ0) is 21.6. The van der Waals surface area contributed by atoms with Crippen LogP contribution in [0.4, 0.5) is 24.7 Å². The van der Waals surface area contributed by atoms with E-state index in [2.05, 4.69) is 20.0 Å². The lowest BCUT2D eigenvalue weighted by atomic mass is 9.70. The minimum absolute atomic E-state index is 0. The smallest absolute Gasteiger partial charge is 0.406 e. The lowest BCUT2D eigenvalue weighted by molar-refractivity contribution is -0.274. The summed E-state index contributed by atoms with van der Waals surface area (Å²) in [4.78, 5) is 23.1. The molecular weight excluding hydrogens is 429 g/mol. The number of ether oxygens (including phenoxy) is 1. The number of likely N-dealkylation sites (N-methyl/N-ethyl adjacent to an activating group) is 1. The highest BCUT2D eigenvalue weighted by Crippen LogP contribution is 2.44. The predicted octanol–water partition coefficient (Wildman–Crippen LogP) is 4.31. The minimum Gasteiger partial charge on any atom is -0.406 e. The maximum absolute atomic E-state index is 12.3. The molecule has 0 radical (unpaired) electrons. The van der Waals surface area contributed by atoms with E-state index in [1.54, 1.807) is 12.1 Å². The Morgan fingerprint density at radius 3 is 2.45 bits per heavy atom. The van der Waals surface area contributed by atoms with Gasteiger partial charge in [-0.15, -0.1) is 13.2 Å².